The Bertz CT molecular complexity index is 626. The summed E-state index contributed by atoms with van der Waals surface area (Å²) in [4.78, 5) is 22.3. The Morgan fingerprint density at radius 1 is 1.17 bits per heavy atom. The number of hydrogen-bond acceptors (Lipinski definition) is 8. The van der Waals surface area contributed by atoms with Crippen molar-refractivity contribution in [2.45, 2.75) is 25.7 Å². The molecule has 0 radical (unpaired) electrons. The van der Waals surface area contributed by atoms with Crippen LogP contribution in [-0.4, -0.2) is 41.1 Å². The van der Waals surface area contributed by atoms with Crippen LogP contribution in [0, 0.1) is 32.8 Å². The summed E-state index contributed by atoms with van der Waals surface area (Å²) in [5.74, 6) is 0.287. The van der Waals surface area contributed by atoms with Crippen LogP contribution in [0.1, 0.15) is 25.7 Å². The van der Waals surface area contributed by atoms with E-state index in [1.807, 2.05) is 17.0 Å². The predicted molar refractivity (Wildman–Crippen MR) is 82.8 cm³/mol. The third kappa shape index (κ3) is 3.83. The summed E-state index contributed by atoms with van der Waals surface area (Å²) >= 11 is 0. The molecule has 0 bridgehead atoms. The first kappa shape index (κ1) is 16.4. The summed E-state index contributed by atoms with van der Waals surface area (Å²) in [7, 11) is 0. The van der Waals surface area contributed by atoms with Gasteiger partial charge < -0.3 is 9.80 Å². The number of nitrogens with zero attached hydrogens (tertiary/aromatic N) is 7. The SMILES string of the molecule is N#CCN(CC#N)c1ncnc(N2CCCCCC2)c1[N+](=O)[O-]. The normalized spacial score (nSPS) is 14.4. The topological polar surface area (TPSA) is 123 Å². The van der Waals surface area contributed by atoms with Crippen LogP contribution in [0.2, 0.25) is 0 Å². The lowest BCUT2D eigenvalue weighted by atomic mass is 10.2. The van der Waals surface area contributed by atoms with E-state index in [-0.39, 0.29) is 30.4 Å². The van der Waals surface area contributed by atoms with Crippen LogP contribution in [0.15, 0.2) is 6.33 Å². The Labute approximate surface area is 133 Å². The fourth-order valence-corrected chi connectivity index (χ4v) is 2.65. The second-order valence-electron chi connectivity index (χ2n) is 5.20. The van der Waals surface area contributed by atoms with Crippen molar-refractivity contribution in [3.8, 4) is 12.1 Å². The van der Waals surface area contributed by atoms with Crippen molar-refractivity contribution in [1.29, 1.82) is 10.5 Å². The van der Waals surface area contributed by atoms with Crippen LogP contribution < -0.4 is 9.80 Å². The molecule has 0 atom stereocenters. The number of hydrogen-bond donors (Lipinski definition) is 0. The predicted octanol–water partition coefficient (Wildman–Crippen LogP) is 1.62. The highest BCUT2D eigenvalue weighted by Gasteiger charge is 2.30. The van der Waals surface area contributed by atoms with E-state index in [2.05, 4.69) is 9.97 Å². The molecular weight excluding hydrogens is 298 g/mol. The molecule has 1 aliphatic heterocycles. The summed E-state index contributed by atoms with van der Waals surface area (Å²) < 4.78 is 0. The van der Waals surface area contributed by atoms with Gasteiger partial charge in [-0.15, -0.1) is 0 Å². The lowest BCUT2D eigenvalue weighted by molar-refractivity contribution is -0.383. The number of anilines is 2. The number of nitro groups is 1. The number of nitriles is 2. The molecule has 1 aliphatic rings. The molecule has 0 aromatic carbocycles. The molecule has 2 rings (SSSR count). The summed E-state index contributed by atoms with van der Waals surface area (Å²) in [6, 6.07) is 3.81. The molecular formula is C14H17N7O2. The van der Waals surface area contributed by atoms with Gasteiger partial charge in [-0.2, -0.15) is 10.5 Å². The zero-order chi connectivity index (χ0) is 16.7. The Kier molecular flexibility index (Phi) is 5.64. The molecule has 120 valence electrons. The highest BCUT2D eigenvalue weighted by atomic mass is 16.6. The third-order valence-corrected chi connectivity index (χ3v) is 3.69. The molecule has 1 fully saturated rings. The molecule has 0 spiro atoms. The maximum atomic E-state index is 11.6. The van der Waals surface area contributed by atoms with Gasteiger partial charge in [0.25, 0.3) is 0 Å². The Morgan fingerprint density at radius 3 is 2.30 bits per heavy atom. The Hall–Kier alpha value is -2.94. The molecule has 0 aliphatic carbocycles. The smallest absolute Gasteiger partial charge is 0.351 e. The maximum Gasteiger partial charge on any atom is 0.353 e. The number of rotatable bonds is 5. The zero-order valence-corrected chi connectivity index (χ0v) is 12.7. The van der Waals surface area contributed by atoms with E-state index in [4.69, 9.17) is 10.5 Å². The fraction of sp³-hybridized carbons (Fsp3) is 0.571. The minimum Gasteiger partial charge on any atom is -0.351 e. The highest BCUT2D eigenvalue weighted by Crippen LogP contribution is 2.34. The van der Waals surface area contributed by atoms with E-state index in [9.17, 15) is 10.1 Å². The van der Waals surface area contributed by atoms with E-state index in [0.29, 0.717) is 13.1 Å². The molecule has 0 N–H and O–H groups in total. The van der Waals surface area contributed by atoms with Crippen molar-refractivity contribution in [3.63, 3.8) is 0 Å². The van der Waals surface area contributed by atoms with Gasteiger partial charge in [0, 0.05) is 13.1 Å². The van der Waals surface area contributed by atoms with Crippen molar-refractivity contribution in [1.82, 2.24) is 9.97 Å². The third-order valence-electron chi connectivity index (χ3n) is 3.69. The molecule has 1 aromatic heterocycles. The van der Waals surface area contributed by atoms with Gasteiger partial charge in [-0.3, -0.25) is 10.1 Å². The first-order valence-corrected chi connectivity index (χ1v) is 7.42. The van der Waals surface area contributed by atoms with Crippen LogP contribution in [0.5, 0.6) is 0 Å². The van der Waals surface area contributed by atoms with E-state index < -0.39 is 4.92 Å². The van der Waals surface area contributed by atoms with Crippen LogP contribution in [0.25, 0.3) is 0 Å². The lowest BCUT2D eigenvalue weighted by Gasteiger charge is -2.23. The van der Waals surface area contributed by atoms with Crippen molar-refractivity contribution in [3.05, 3.63) is 16.4 Å². The van der Waals surface area contributed by atoms with Gasteiger partial charge in [-0.1, -0.05) is 12.8 Å². The van der Waals surface area contributed by atoms with Crippen molar-refractivity contribution < 1.29 is 4.92 Å². The lowest BCUT2D eigenvalue weighted by Crippen LogP contribution is -2.29. The van der Waals surface area contributed by atoms with Gasteiger partial charge >= 0.3 is 5.69 Å². The minimum atomic E-state index is -0.530. The van der Waals surface area contributed by atoms with Crippen LogP contribution in [0.4, 0.5) is 17.3 Å². The van der Waals surface area contributed by atoms with Gasteiger partial charge in [0.1, 0.15) is 19.4 Å². The van der Waals surface area contributed by atoms with Gasteiger partial charge in [0.2, 0.25) is 11.6 Å². The molecule has 2 heterocycles. The van der Waals surface area contributed by atoms with Crippen LogP contribution in [0.3, 0.4) is 0 Å². The van der Waals surface area contributed by atoms with Gasteiger partial charge in [0.15, 0.2) is 0 Å². The van der Waals surface area contributed by atoms with E-state index in [1.165, 1.54) is 11.2 Å². The molecule has 1 saturated heterocycles. The Morgan fingerprint density at radius 2 is 1.78 bits per heavy atom. The molecule has 0 saturated carbocycles. The molecule has 23 heavy (non-hydrogen) atoms. The van der Waals surface area contributed by atoms with Crippen LogP contribution in [-0.2, 0) is 0 Å². The van der Waals surface area contributed by atoms with Crippen molar-refractivity contribution >= 4 is 17.3 Å². The standard InChI is InChI=1S/C14H17N7O2/c15-5-9-20(10-6-16)14-12(21(22)23)13(17-11-18-14)19-7-3-1-2-4-8-19/h11H,1-4,7-10H2. The second-order valence-corrected chi connectivity index (χ2v) is 5.20. The minimum absolute atomic E-state index is 0.0207. The summed E-state index contributed by atoms with van der Waals surface area (Å²) in [5.41, 5.74) is -0.236. The fourth-order valence-electron chi connectivity index (χ4n) is 2.65. The second kappa shape index (κ2) is 7.90. The van der Waals surface area contributed by atoms with Gasteiger partial charge in [-0.05, 0) is 12.8 Å². The first-order valence-electron chi connectivity index (χ1n) is 7.42. The molecule has 0 unspecified atom stereocenters. The van der Waals surface area contributed by atoms with Crippen molar-refractivity contribution in [2.24, 2.45) is 0 Å². The van der Waals surface area contributed by atoms with E-state index in [1.54, 1.807) is 0 Å². The van der Waals surface area contributed by atoms with E-state index in [0.717, 1.165) is 25.7 Å². The van der Waals surface area contributed by atoms with E-state index >= 15 is 0 Å². The quantitative estimate of drug-likeness (QED) is 0.456. The molecule has 9 nitrogen and oxygen atoms in total. The largest absolute Gasteiger partial charge is 0.353 e. The average molecular weight is 315 g/mol. The molecule has 0 amide bonds. The molecule has 1 aromatic rings. The van der Waals surface area contributed by atoms with Crippen LogP contribution >= 0.6 is 0 Å². The van der Waals surface area contributed by atoms with Crippen molar-refractivity contribution in [2.75, 3.05) is 36.0 Å². The summed E-state index contributed by atoms with van der Waals surface area (Å²) in [6.07, 6.45) is 5.35. The Balaban J connectivity index is 2.47. The zero-order valence-electron chi connectivity index (χ0n) is 12.7. The number of aromatic nitrogens is 2. The molecule has 9 heteroatoms. The summed E-state index contributed by atoms with van der Waals surface area (Å²) in [6.45, 7) is 1.11. The van der Waals surface area contributed by atoms with Gasteiger partial charge in [-0.25, -0.2) is 9.97 Å². The monoisotopic (exact) mass is 315 g/mol. The maximum absolute atomic E-state index is 11.6. The average Bonchev–Trinajstić information content (AvgIpc) is 2.83. The highest BCUT2D eigenvalue weighted by molar-refractivity contribution is 5.71. The first-order chi connectivity index (χ1) is 11.2. The van der Waals surface area contributed by atoms with Gasteiger partial charge in [0.05, 0.1) is 17.1 Å². The summed E-state index contributed by atoms with van der Waals surface area (Å²) in [5, 5.41) is 29.4.